The molecule has 0 radical (unpaired) electrons. The van der Waals surface area contributed by atoms with Gasteiger partial charge in [-0.05, 0) is 27.7 Å². The average Bonchev–Trinajstić information content (AvgIpc) is 2.90. The molecule has 108 valence electrons. The molecular formula is C12H17N5O2S. The SMILES string of the molecule is Cc1[nH]ncc1-c1nnc(SCC(=O)O)n1C(C)(C)C. The van der Waals surface area contributed by atoms with Gasteiger partial charge in [0.25, 0.3) is 0 Å². The van der Waals surface area contributed by atoms with Crippen LogP contribution >= 0.6 is 11.8 Å². The summed E-state index contributed by atoms with van der Waals surface area (Å²) in [6.45, 7) is 7.99. The Kier molecular flexibility index (Phi) is 3.85. The Morgan fingerprint density at radius 1 is 1.45 bits per heavy atom. The Morgan fingerprint density at radius 2 is 2.15 bits per heavy atom. The van der Waals surface area contributed by atoms with Crippen LogP contribution in [0, 0.1) is 6.92 Å². The molecule has 0 amide bonds. The number of thioether (sulfide) groups is 1. The van der Waals surface area contributed by atoms with E-state index in [-0.39, 0.29) is 11.3 Å². The summed E-state index contributed by atoms with van der Waals surface area (Å²) in [6, 6.07) is 0. The average molecular weight is 295 g/mol. The fraction of sp³-hybridized carbons (Fsp3) is 0.500. The van der Waals surface area contributed by atoms with E-state index in [2.05, 4.69) is 20.4 Å². The lowest BCUT2D eigenvalue weighted by Gasteiger charge is -2.24. The van der Waals surface area contributed by atoms with Gasteiger partial charge in [0.15, 0.2) is 11.0 Å². The Morgan fingerprint density at radius 3 is 2.65 bits per heavy atom. The number of aromatic nitrogens is 5. The topological polar surface area (TPSA) is 96.7 Å². The standard InChI is InChI=1S/C12H17N5O2S/c1-7-8(5-13-14-7)10-15-16-11(20-6-9(18)19)17(10)12(2,3)4/h5H,6H2,1-4H3,(H,13,14)(H,18,19). The fourth-order valence-corrected chi connectivity index (χ4v) is 2.69. The summed E-state index contributed by atoms with van der Waals surface area (Å²) >= 11 is 1.17. The van der Waals surface area contributed by atoms with E-state index in [4.69, 9.17) is 5.11 Å². The molecule has 0 saturated carbocycles. The molecule has 2 aromatic rings. The van der Waals surface area contributed by atoms with Gasteiger partial charge in [0, 0.05) is 11.2 Å². The first-order chi connectivity index (χ1) is 9.30. The highest BCUT2D eigenvalue weighted by atomic mass is 32.2. The van der Waals surface area contributed by atoms with Gasteiger partial charge in [0.05, 0.1) is 17.5 Å². The van der Waals surface area contributed by atoms with Crippen molar-refractivity contribution in [2.24, 2.45) is 0 Å². The van der Waals surface area contributed by atoms with Crippen LogP contribution in [0.15, 0.2) is 11.4 Å². The zero-order valence-electron chi connectivity index (χ0n) is 11.8. The third-order valence-corrected chi connectivity index (χ3v) is 3.61. The second kappa shape index (κ2) is 5.28. The van der Waals surface area contributed by atoms with Crippen molar-refractivity contribution in [3.8, 4) is 11.4 Å². The smallest absolute Gasteiger partial charge is 0.313 e. The van der Waals surface area contributed by atoms with E-state index in [0.717, 1.165) is 11.3 Å². The minimum atomic E-state index is -0.875. The summed E-state index contributed by atoms with van der Waals surface area (Å²) in [6.07, 6.45) is 1.70. The summed E-state index contributed by atoms with van der Waals surface area (Å²) in [5.74, 6) is -0.227. The largest absolute Gasteiger partial charge is 0.481 e. The normalized spacial score (nSPS) is 11.8. The second-order valence-electron chi connectivity index (χ2n) is 5.40. The van der Waals surface area contributed by atoms with E-state index in [9.17, 15) is 4.79 Å². The molecule has 0 saturated heterocycles. The van der Waals surface area contributed by atoms with Gasteiger partial charge in [0.1, 0.15) is 0 Å². The Hall–Kier alpha value is -1.83. The molecule has 2 N–H and O–H groups in total. The van der Waals surface area contributed by atoms with Crippen LogP contribution in [0.1, 0.15) is 26.5 Å². The Labute approximate surface area is 120 Å². The van der Waals surface area contributed by atoms with Gasteiger partial charge >= 0.3 is 5.97 Å². The van der Waals surface area contributed by atoms with E-state index in [1.807, 2.05) is 32.3 Å². The fourth-order valence-electron chi connectivity index (χ4n) is 1.84. The van der Waals surface area contributed by atoms with E-state index in [0.29, 0.717) is 11.0 Å². The van der Waals surface area contributed by atoms with Crippen LogP contribution in [0.25, 0.3) is 11.4 Å². The number of rotatable bonds is 4. The summed E-state index contributed by atoms with van der Waals surface area (Å²) < 4.78 is 1.94. The lowest BCUT2D eigenvalue weighted by molar-refractivity contribution is -0.133. The van der Waals surface area contributed by atoms with Gasteiger partial charge < -0.3 is 5.11 Å². The molecule has 20 heavy (non-hydrogen) atoms. The molecule has 2 heterocycles. The number of carboxylic acids is 1. The van der Waals surface area contributed by atoms with Crippen molar-refractivity contribution in [1.29, 1.82) is 0 Å². The zero-order chi connectivity index (χ0) is 14.9. The molecule has 7 nitrogen and oxygen atoms in total. The molecule has 0 aliphatic heterocycles. The quantitative estimate of drug-likeness (QED) is 0.836. The van der Waals surface area contributed by atoms with Crippen LogP contribution in [0.2, 0.25) is 0 Å². The van der Waals surface area contributed by atoms with Gasteiger partial charge in [-0.25, -0.2) is 0 Å². The maximum absolute atomic E-state index is 10.7. The predicted octanol–water partition coefficient (Wildman–Crippen LogP) is 1.91. The van der Waals surface area contributed by atoms with E-state index in [1.165, 1.54) is 11.8 Å². The highest BCUT2D eigenvalue weighted by Gasteiger charge is 2.25. The number of nitrogens with zero attached hydrogens (tertiary/aromatic N) is 4. The molecule has 0 aliphatic carbocycles. The van der Waals surface area contributed by atoms with E-state index >= 15 is 0 Å². The van der Waals surface area contributed by atoms with Crippen molar-refractivity contribution in [2.75, 3.05) is 5.75 Å². The van der Waals surface area contributed by atoms with Gasteiger partial charge in [-0.2, -0.15) is 5.10 Å². The van der Waals surface area contributed by atoms with Crippen molar-refractivity contribution in [1.82, 2.24) is 25.0 Å². The monoisotopic (exact) mass is 295 g/mol. The number of aryl methyl sites for hydroxylation is 1. The number of nitrogens with one attached hydrogen (secondary N) is 1. The molecule has 0 aromatic carbocycles. The van der Waals surface area contributed by atoms with Crippen LogP contribution in [-0.4, -0.2) is 41.8 Å². The summed E-state index contributed by atoms with van der Waals surface area (Å²) in [4.78, 5) is 10.7. The molecule has 2 rings (SSSR count). The van der Waals surface area contributed by atoms with Crippen molar-refractivity contribution >= 4 is 17.7 Å². The molecule has 0 spiro atoms. The molecule has 0 fully saturated rings. The summed E-state index contributed by atoms with van der Waals surface area (Å²) in [5, 5.41) is 24.6. The van der Waals surface area contributed by atoms with E-state index < -0.39 is 5.97 Å². The number of aliphatic carboxylic acids is 1. The molecule has 0 atom stereocenters. The van der Waals surface area contributed by atoms with Crippen molar-refractivity contribution in [2.45, 2.75) is 38.4 Å². The minimum absolute atomic E-state index is 0.0431. The molecular weight excluding hydrogens is 278 g/mol. The maximum atomic E-state index is 10.7. The number of aromatic amines is 1. The van der Waals surface area contributed by atoms with Crippen LogP contribution in [-0.2, 0) is 10.3 Å². The number of H-pyrrole nitrogens is 1. The van der Waals surface area contributed by atoms with Gasteiger partial charge in [-0.1, -0.05) is 11.8 Å². The molecule has 2 aromatic heterocycles. The Balaban J connectivity index is 2.49. The van der Waals surface area contributed by atoms with E-state index in [1.54, 1.807) is 6.20 Å². The lowest BCUT2D eigenvalue weighted by atomic mass is 10.1. The minimum Gasteiger partial charge on any atom is -0.481 e. The molecule has 8 heteroatoms. The van der Waals surface area contributed by atoms with Gasteiger partial charge in [0.2, 0.25) is 0 Å². The molecule has 0 unspecified atom stereocenters. The first-order valence-corrected chi connectivity index (χ1v) is 7.10. The number of hydrogen-bond acceptors (Lipinski definition) is 5. The molecule has 0 bridgehead atoms. The maximum Gasteiger partial charge on any atom is 0.313 e. The van der Waals surface area contributed by atoms with Crippen molar-refractivity contribution in [3.05, 3.63) is 11.9 Å². The molecule has 0 aliphatic rings. The van der Waals surface area contributed by atoms with Gasteiger partial charge in [-0.3, -0.25) is 14.5 Å². The predicted molar refractivity (Wildman–Crippen MR) is 75.7 cm³/mol. The third-order valence-electron chi connectivity index (χ3n) is 2.70. The van der Waals surface area contributed by atoms with Crippen LogP contribution in [0.5, 0.6) is 0 Å². The number of hydrogen-bond donors (Lipinski definition) is 2. The summed E-state index contributed by atoms with van der Waals surface area (Å²) in [7, 11) is 0. The highest BCUT2D eigenvalue weighted by molar-refractivity contribution is 7.99. The van der Waals surface area contributed by atoms with Crippen molar-refractivity contribution < 1.29 is 9.90 Å². The van der Waals surface area contributed by atoms with Crippen LogP contribution < -0.4 is 0 Å². The Bertz CT molecular complexity index is 626. The van der Waals surface area contributed by atoms with Crippen molar-refractivity contribution in [3.63, 3.8) is 0 Å². The first kappa shape index (κ1) is 14.6. The zero-order valence-corrected chi connectivity index (χ0v) is 12.7. The third kappa shape index (κ3) is 2.84. The van der Waals surface area contributed by atoms with Crippen LogP contribution in [0.4, 0.5) is 0 Å². The second-order valence-corrected chi connectivity index (χ2v) is 6.35. The van der Waals surface area contributed by atoms with Gasteiger partial charge in [-0.15, -0.1) is 10.2 Å². The first-order valence-electron chi connectivity index (χ1n) is 6.11. The lowest BCUT2D eigenvalue weighted by Crippen LogP contribution is -2.24. The highest BCUT2D eigenvalue weighted by Crippen LogP contribution is 2.31. The number of carbonyl (C=O) groups is 1. The number of carboxylic acid groups (broad SMARTS) is 1. The van der Waals surface area contributed by atoms with Crippen LogP contribution in [0.3, 0.4) is 0 Å². The summed E-state index contributed by atoms with van der Waals surface area (Å²) in [5.41, 5.74) is 1.51.